The number of ether oxygens (including phenoxy) is 1. The van der Waals surface area contributed by atoms with Crippen molar-refractivity contribution in [1.29, 1.82) is 0 Å². The Hall–Kier alpha value is -2.54. The number of nitrogens with zero attached hydrogens (tertiary/aromatic N) is 1. The van der Waals surface area contributed by atoms with Crippen molar-refractivity contribution in [2.24, 2.45) is 0 Å². The number of anilines is 2. The lowest BCUT2D eigenvalue weighted by Crippen LogP contribution is -2.36. The molecule has 0 bridgehead atoms. The van der Waals surface area contributed by atoms with Crippen molar-refractivity contribution in [2.45, 2.75) is 6.18 Å². The molecule has 25 heavy (non-hydrogen) atoms. The summed E-state index contributed by atoms with van der Waals surface area (Å²) in [4.78, 5) is 14.5. The fraction of sp³-hybridized carbons (Fsp3) is 0.278. The molecule has 1 saturated heterocycles. The summed E-state index contributed by atoms with van der Waals surface area (Å²) in [5.41, 5.74) is 0.878. The van der Waals surface area contributed by atoms with Crippen molar-refractivity contribution in [1.82, 2.24) is 0 Å². The highest BCUT2D eigenvalue weighted by Gasteiger charge is 2.30. The molecule has 2 aromatic carbocycles. The number of carbonyl (C=O) groups is 1. The van der Waals surface area contributed by atoms with Crippen molar-refractivity contribution >= 4 is 17.3 Å². The highest BCUT2D eigenvalue weighted by molar-refractivity contribution is 6.06. The van der Waals surface area contributed by atoms with Gasteiger partial charge in [0.05, 0.1) is 30.2 Å². The minimum absolute atomic E-state index is 0.171. The van der Waals surface area contributed by atoms with Gasteiger partial charge < -0.3 is 15.0 Å². The van der Waals surface area contributed by atoms with Gasteiger partial charge in [-0.2, -0.15) is 13.2 Å². The molecule has 1 heterocycles. The van der Waals surface area contributed by atoms with E-state index in [1.807, 2.05) is 12.1 Å². The van der Waals surface area contributed by atoms with Gasteiger partial charge in [-0.25, -0.2) is 0 Å². The van der Waals surface area contributed by atoms with Crippen LogP contribution in [0.2, 0.25) is 0 Å². The summed E-state index contributed by atoms with van der Waals surface area (Å²) in [6.07, 6.45) is -4.42. The Kier molecular flexibility index (Phi) is 4.94. The molecular weight excluding hydrogens is 333 g/mol. The maximum Gasteiger partial charge on any atom is 0.416 e. The number of morpholine rings is 1. The lowest BCUT2D eigenvalue weighted by Gasteiger charge is -2.30. The third-order valence-corrected chi connectivity index (χ3v) is 3.98. The van der Waals surface area contributed by atoms with Crippen LogP contribution in [-0.2, 0) is 10.9 Å². The Morgan fingerprint density at radius 1 is 1.00 bits per heavy atom. The van der Waals surface area contributed by atoms with E-state index in [0.717, 1.165) is 17.8 Å². The van der Waals surface area contributed by atoms with Crippen LogP contribution < -0.4 is 10.2 Å². The molecule has 4 nitrogen and oxygen atoms in total. The van der Waals surface area contributed by atoms with Gasteiger partial charge in [-0.1, -0.05) is 12.1 Å². The van der Waals surface area contributed by atoms with E-state index in [1.54, 1.807) is 12.1 Å². The number of para-hydroxylation sites is 2. The molecule has 0 unspecified atom stereocenters. The lowest BCUT2D eigenvalue weighted by molar-refractivity contribution is -0.137. The highest BCUT2D eigenvalue weighted by atomic mass is 19.4. The molecule has 0 spiro atoms. The molecule has 1 aliphatic heterocycles. The second-order valence-electron chi connectivity index (χ2n) is 5.65. The average Bonchev–Trinajstić information content (AvgIpc) is 2.62. The summed E-state index contributed by atoms with van der Waals surface area (Å²) in [5.74, 6) is -0.450. The predicted octanol–water partition coefficient (Wildman–Crippen LogP) is 3.79. The first-order valence-corrected chi connectivity index (χ1v) is 7.85. The molecule has 3 rings (SSSR count). The van der Waals surface area contributed by atoms with E-state index in [2.05, 4.69) is 10.2 Å². The van der Waals surface area contributed by atoms with Crippen molar-refractivity contribution in [3.63, 3.8) is 0 Å². The number of amides is 1. The molecule has 2 aromatic rings. The van der Waals surface area contributed by atoms with E-state index in [1.165, 1.54) is 12.1 Å². The number of halogens is 3. The zero-order valence-corrected chi connectivity index (χ0v) is 13.3. The smallest absolute Gasteiger partial charge is 0.378 e. The second-order valence-corrected chi connectivity index (χ2v) is 5.65. The molecule has 132 valence electrons. The second kappa shape index (κ2) is 7.14. The minimum Gasteiger partial charge on any atom is -0.378 e. The topological polar surface area (TPSA) is 41.6 Å². The SMILES string of the molecule is O=C(Nc1ccccc1N1CCOCC1)c1ccc(C(F)(F)F)cc1. The number of nitrogens with one attached hydrogen (secondary N) is 1. The Balaban J connectivity index is 1.77. The van der Waals surface area contributed by atoms with Crippen molar-refractivity contribution in [3.05, 3.63) is 59.7 Å². The Bertz CT molecular complexity index is 739. The van der Waals surface area contributed by atoms with Gasteiger partial charge in [0.2, 0.25) is 0 Å². The Labute approximate surface area is 143 Å². The number of hydrogen-bond acceptors (Lipinski definition) is 3. The van der Waals surface area contributed by atoms with Crippen LogP contribution in [0.3, 0.4) is 0 Å². The van der Waals surface area contributed by atoms with Crippen LogP contribution in [0.4, 0.5) is 24.5 Å². The van der Waals surface area contributed by atoms with Gasteiger partial charge in [0.15, 0.2) is 0 Å². The van der Waals surface area contributed by atoms with Crippen molar-refractivity contribution < 1.29 is 22.7 Å². The van der Waals surface area contributed by atoms with E-state index in [9.17, 15) is 18.0 Å². The number of hydrogen-bond donors (Lipinski definition) is 1. The first-order chi connectivity index (χ1) is 11.9. The first-order valence-electron chi connectivity index (χ1n) is 7.85. The molecule has 7 heteroatoms. The summed E-state index contributed by atoms with van der Waals surface area (Å²) in [6, 6.07) is 11.5. The fourth-order valence-corrected chi connectivity index (χ4v) is 2.66. The van der Waals surface area contributed by atoms with Crippen LogP contribution in [0.15, 0.2) is 48.5 Å². The largest absolute Gasteiger partial charge is 0.416 e. The first kappa shape index (κ1) is 17.3. The standard InChI is InChI=1S/C18H17F3N2O2/c19-18(20,21)14-7-5-13(6-8-14)17(24)22-15-3-1-2-4-16(15)23-9-11-25-12-10-23/h1-8H,9-12H2,(H,22,24). The molecule has 0 radical (unpaired) electrons. The van der Waals surface area contributed by atoms with Crippen LogP contribution in [0.5, 0.6) is 0 Å². The van der Waals surface area contributed by atoms with E-state index < -0.39 is 17.6 Å². The number of rotatable bonds is 3. The van der Waals surface area contributed by atoms with Gasteiger partial charge in [-0.15, -0.1) is 0 Å². The summed E-state index contributed by atoms with van der Waals surface area (Å²) in [7, 11) is 0. The molecular formula is C18H17F3N2O2. The number of alkyl halides is 3. The fourth-order valence-electron chi connectivity index (χ4n) is 2.66. The Morgan fingerprint density at radius 3 is 2.28 bits per heavy atom. The summed E-state index contributed by atoms with van der Waals surface area (Å²) in [6.45, 7) is 2.66. The van der Waals surface area contributed by atoms with Gasteiger partial charge in [0.25, 0.3) is 5.91 Å². The summed E-state index contributed by atoms with van der Waals surface area (Å²) < 4.78 is 43.2. The highest BCUT2D eigenvalue weighted by Crippen LogP contribution is 2.30. The van der Waals surface area contributed by atoms with Crippen LogP contribution in [0.1, 0.15) is 15.9 Å². The normalized spacial score (nSPS) is 15.1. The van der Waals surface area contributed by atoms with Crippen LogP contribution in [0, 0.1) is 0 Å². The quantitative estimate of drug-likeness (QED) is 0.916. The number of carbonyl (C=O) groups excluding carboxylic acids is 1. The van der Waals surface area contributed by atoms with Gasteiger partial charge >= 0.3 is 6.18 Å². The zero-order chi connectivity index (χ0) is 17.9. The van der Waals surface area contributed by atoms with Gasteiger partial charge in [-0.05, 0) is 36.4 Å². The lowest BCUT2D eigenvalue weighted by atomic mass is 10.1. The van der Waals surface area contributed by atoms with Crippen LogP contribution in [-0.4, -0.2) is 32.2 Å². The monoisotopic (exact) mass is 350 g/mol. The molecule has 1 N–H and O–H groups in total. The van der Waals surface area contributed by atoms with E-state index >= 15 is 0 Å². The maximum absolute atomic E-state index is 12.6. The minimum atomic E-state index is -4.42. The van der Waals surface area contributed by atoms with Gasteiger partial charge in [0.1, 0.15) is 0 Å². The summed E-state index contributed by atoms with van der Waals surface area (Å²) in [5, 5.41) is 2.78. The molecule has 1 fully saturated rings. The molecule has 0 aromatic heterocycles. The Morgan fingerprint density at radius 2 is 1.64 bits per heavy atom. The molecule has 1 aliphatic rings. The third-order valence-electron chi connectivity index (χ3n) is 3.98. The predicted molar refractivity (Wildman–Crippen MR) is 88.9 cm³/mol. The van der Waals surface area contributed by atoms with Crippen LogP contribution >= 0.6 is 0 Å². The zero-order valence-electron chi connectivity index (χ0n) is 13.3. The summed E-state index contributed by atoms with van der Waals surface area (Å²) >= 11 is 0. The van der Waals surface area contributed by atoms with Crippen molar-refractivity contribution in [3.8, 4) is 0 Å². The van der Waals surface area contributed by atoms with Crippen LogP contribution in [0.25, 0.3) is 0 Å². The molecule has 1 amide bonds. The molecule has 0 atom stereocenters. The van der Waals surface area contributed by atoms with E-state index in [-0.39, 0.29) is 5.56 Å². The van der Waals surface area contributed by atoms with Gasteiger partial charge in [0, 0.05) is 18.7 Å². The van der Waals surface area contributed by atoms with Gasteiger partial charge in [-0.3, -0.25) is 4.79 Å². The molecule has 0 aliphatic carbocycles. The third kappa shape index (κ3) is 4.11. The average molecular weight is 350 g/mol. The maximum atomic E-state index is 12.6. The number of benzene rings is 2. The van der Waals surface area contributed by atoms with E-state index in [0.29, 0.717) is 32.0 Å². The molecule has 0 saturated carbocycles. The van der Waals surface area contributed by atoms with E-state index in [4.69, 9.17) is 4.74 Å². The van der Waals surface area contributed by atoms with Crippen molar-refractivity contribution in [2.75, 3.05) is 36.5 Å².